The van der Waals surface area contributed by atoms with Crippen LogP contribution in [0, 0.1) is 5.92 Å². The van der Waals surface area contributed by atoms with Gasteiger partial charge in [0.05, 0.1) is 34.6 Å². The highest BCUT2D eigenvalue weighted by Gasteiger charge is 2.29. The number of hydrogen-bond acceptors (Lipinski definition) is 4. The fourth-order valence-electron chi connectivity index (χ4n) is 6.07. The maximum Gasteiger partial charge on any atom is 0.254 e. The molecule has 1 saturated carbocycles. The van der Waals surface area contributed by atoms with Crippen molar-refractivity contribution < 1.29 is 9.18 Å². The maximum absolute atomic E-state index is 13.3. The number of carbonyl (C=O) groups is 1. The molecule has 1 unspecified atom stereocenters. The van der Waals surface area contributed by atoms with Crippen LogP contribution in [-0.2, 0) is 26.6 Å². The topological polar surface area (TPSA) is 86.9 Å². The average molecular weight is 552 g/mol. The van der Waals surface area contributed by atoms with E-state index in [4.69, 9.17) is 10.7 Å². The summed E-state index contributed by atoms with van der Waals surface area (Å²) in [7, 11) is 2.05. The van der Waals surface area contributed by atoms with E-state index in [-0.39, 0.29) is 12.5 Å². The summed E-state index contributed by atoms with van der Waals surface area (Å²) in [4.78, 5) is 24.2. The van der Waals surface area contributed by atoms with Crippen molar-refractivity contribution in [2.75, 3.05) is 19.8 Å². The Kier molecular flexibility index (Phi) is 6.46. The number of aryl methyl sites for hydroxylation is 1. The van der Waals surface area contributed by atoms with Gasteiger partial charge in [-0.05, 0) is 54.5 Å². The molecule has 2 aliphatic rings. The highest BCUT2D eigenvalue weighted by atomic mass is 19.1. The van der Waals surface area contributed by atoms with Crippen LogP contribution in [0.15, 0.2) is 61.2 Å². The number of rotatable bonds is 9. The van der Waals surface area contributed by atoms with Crippen LogP contribution in [0.25, 0.3) is 39.5 Å². The number of hydrogen-bond donors (Lipinski definition) is 1. The molecule has 4 heterocycles. The first-order chi connectivity index (χ1) is 20.0. The summed E-state index contributed by atoms with van der Waals surface area (Å²) in [6, 6.07) is 12.0. The molecule has 7 rings (SSSR count). The van der Waals surface area contributed by atoms with E-state index >= 15 is 0 Å². The molecular weight excluding hydrogens is 517 g/mol. The minimum Gasteiger partial charge on any atom is -0.337 e. The van der Waals surface area contributed by atoms with Crippen molar-refractivity contribution in [3.63, 3.8) is 0 Å². The number of halogens is 1. The fourth-order valence-corrected chi connectivity index (χ4v) is 6.07. The van der Waals surface area contributed by atoms with Crippen LogP contribution in [0.2, 0.25) is 0 Å². The van der Waals surface area contributed by atoms with Gasteiger partial charge in [0.2, 0.25) is 0 Å². The Bertz CT molecular complexity index is 1780. The normalized spacial score (nSPS) is 16.4. The predicted molar refractivity (Wildman–Crippen MR) is 159 cm³/mol. The number of imidazole rings is 2. The predicted octanol–water partition coefficient (Wildman–Crippen LogP) is 4.81. The van der Waals surface area contributed by atoms with Crippen LogP contribution in [0.5, 0.6) is 0 Å². The average Bonchev–Trinajstić information content (AvgIpc) is 3.35. The van der Waals surface area contributed by atoms with E-state index in [2.05, 4.69) is 63.6 Å². The molecule has 1 aliphatic carbocycles. The third kappa shape index (κ3) is 4.74. The number of fused-ring (bicyclic) bond motifs is 3. The van der Waals surface area contributed by atoms with Crippen LogP contribution >= 0.6 is 0 Å². The summed E-state index contributed by atoms with van der Waals surface area (Å²) in [5.41, 5.74) is 12.7. The number of nitrogens with two attached hydrogens (primary N) is 1. The van der Waals surface area contributed by atoms with Crippen LogP contribution in [0.1, 0.15) is 34.3 Å². The van der Waals surface area contributed by atoms with Crippen molar-refractivity contribution in [2.24, 2.45) is 18.7 Å². The van der Waals surface area contributed by atoms with Gasteiger partial charge in [-0.25, -0.2) is 14.4 Å². The number of carbonyl (C=O) groups excluding carboxylic acids is 1. The number of alkyl halides is 1. The molecule has 0 spiro atoms. The second kappa shape index (κ2) is 10.3. The number of amides is 1. The Hall–Kier alpha value is -4.24. The first-order valence-electron chi connectivity index (χ1n) is 14.3. The Morgan fingerprint density at radius 3 is 2.88 bits per heavy atom. The molecule has 8 nitrogen and oxygen atoms in total. The lowest BCUT2D eigenvalue weighted by atomic mass is 9.97. The molecule has 210 valence electrons. The highest BCUT2D eigenvalue weighted by molar-refractivity contribution is 6.01. The van der Waals surface area contributed by atoms with Crippen LogP contribution in [-0.4, -0.2) is 60.3 Å². The van der Waals surface area contributed by atoms with E-state index in [0.717, 1.165) is 41.2 Å². The van der Waals surface area contributed by atoms with Gasteiger partial charge in [0, 0.05) is 56.6 Å². The molecule has 1 amide bonds. The lowest BCUT2D eigenvalue weighted by molar-refractivity contribution is 0.0725. The van der Waals surface area contributed by atoms with Gasteiger partial charge in [-0.1, -0.05) is 30.4 Å². The van der Waals surface area contributed by atoms with Crippen LogP contribution in [0.4, 0.5) is 4.39 Å². The zero-order valence-electron chi connectivity index (χ0n) is 23.2. The van der Waals surface area contributed by atoms with Crippen molar-refractivity contribution in [1.29, 1.82) is 0 Å². The van der Waals surface area contributed by atoms with Gasteiger partial charge >= 0.3 is 0 Å². The minimum atomic E-state index is -0.662. The van der Waals surface area contributed by atoms with Crippen molar-refractivity contribution in [3.05, 3.63) is 77.9 Å². The molecule has 0 bridgehead atoms. The van der Waals surface area contributed by atoms with Gasteiger partial charge in [0.25, 0.3) is 5.91 Å². The second-order valence-electron chi connectivity index (χ2n) is 11.4. The second-order valence-corrected chi connectivity index (χ2v) is 11.4. The quantitative estimate of drug-likeness (QED) is 0.285. The lowest BCUT2D eigenvalue weighted by Crippen LogP contribution is -2.45. The molecule has 2 N–H and O–H groups in total. The van der Waals surface area contributed by atoms with Gasteiger partial charge in [0.15, 0.2) is 5.82 Å². The van der Waals surface area contributed by atoms with Crippen molar-refractivity contribution >= 4 is 33.9 Å². The maximum atomic E-state index is 13.3. The standard InChI is InChI=1S/C32H34FN7O/c1-37-28-14-23-9-12-39(19-25(34)17-33)32(41)26(23)16-27(28)36-31(37)29-15-24-5-2-4-22(6-3-11-38-13-10-35-20-38)30(24)40(29)18-21-7-8-21/h2-6,10,13-16,20-21,25H,7-9,11-12,17-19,34H2,1H3. The van der Waals surface area contributed by atoms with E-state index < -0.39 is 12.7 Å². The lowest BCUT2D eigenvalue weighted by Gasteiger charge is -2.30. The van der Waals surface area contributed by atoms with Crippen LogP contribution < -0.4 is 5.73 Å². The molecule has 5 aromatic rings. The molecule has 1 aliphatic heterocycles. The summed E-state index contributed by atoms with van der Waals surface area (Å²) in [5, 5.41) is 1.19. The summed E-state index contributed by atoms with van der Waals surface area (Å²) in [6.45, 7) is 1.84. The molecule has 9 heteroatoms. The van der Waals surface area contributed by atoms with E-state index in [1.807, 2.05) is 23.2 Å². The molecule has 0 saturated heterocycles. The summed E-state index contributed by atoms with van der Waals surface area (Å²) < 4.78 is 19.7. The van der Waals surface area contributed by atoms with Crippen molar-refractivity contribution in [2.45, 2.75) is 38.4 Å². The smallest absolute Gasteiger partial charge is 0.254 e. The molecule has 0 radical (unpaired) electrons. The Balaban J connectivity index is 1.30. The fraction of sp³-hybridized carbons (Fsp3) is 0.344. The minimum absolute atomic E-state index is 0.0979. The van der Waals surface area contributed by atoms with E-state index in [1.165, 1.54) is 29.3 Å². The SMILES string of the molecule is Cn1c(-c2cc3cccc(C=CCn4ccnc4)c3n2CC2CC2)nc2cc3c(cc21)CCN(CC(N)CF)C3=O. The molecule has 1 fully saturated rings. The zero-order chi connectivity index (χ0) is 28.1. The van der Waals surface area contributed by atoms with Crippen LogP contribution in [0.3, 0.4) is 0 Å². The molecule has 1 atom stereocenters. The van der Waals surface area contributed by atoms with E-state index in [0.29, 0.717) is 24.4 Å². The first kappa shape index (κ1) is 25.7. The summed E-state index contributed by atoms with van der Waals surface area (Å²) in [5.74, 6) is 1.46. The number of aromatic nitrogens is 5. The number of allylic oxidation sites excluding steroid dienone is 1. The molecular formula is C32H34FN7O. The summed E-state index contributed by atoms with van der Waals surface area (Å²) in [6.07, 6.45) is 13.2. The first-order valence-corrected chi connectivity index (χ1v) is 14.3. The van der Waals surface area contributed by atoms with Gasteiger partial charge in [-0.3, -0.25) is 4.79 Å². The van der Waals surface area contributed by atoms with Gasteiger partial charge in [0.1, 0.15) is 6.67 Å². The molecule has 3 aromatic heterocycles. The number of para-hydroxylation sites is 1. The highest BCUT2D eigenvalue weighted by Crippen LogP contribution is 2.38. The van der Waals surface area contributed by atoms with Gasteiger partial charge < -0.3 is 24.3 Å². The Morgan fingerprint density at radius 2 is 2.10 bits per heavy atom. The third-order valence-electron chi connectivity index (χ3n) is 8.42. The Morgan fingerprint density at radius 1 is 1.22 bits per heavy atom. The van der Waals surface area contributed by atoms with E-state index in [1.54, 1.807) is 11.1 Å². The number of nitrogens with zero attached hydrogens (tertiary/aromatic N) is 6. The third-order valence-corrected chi connectivity index (χ3v) is 8.42. The zero-order valence-corrected chi connectivity index (χ0v) is 23.2. The van der Waals surface area contributed by atoms with Crippen molar-refractivity contribution in [1.82, 2.24) is 28.6 Å². The molecule has 2 aromatic carbocycles. The monoisotopic (exact) mass is 551 g/mol. The van der Waals surface area contributed by atoms with E-state index in [9.17, 15) is 9.18 Å². The van der Waals surface area contributed by atoms with Gasteiger partial charge in [-0.2, -0.15) is 0 Å². The number of benzene rings is 2. The summed E-state index contributed by atoms with van der Waals surface area (Å²) >= 11 is 0. The van der Waals surface area contributed by atoms with Crippen molar-refractivity contribution in [3.8, 4) is 11.5 Å². The van der Waals surface area contributed by atoms with Gasteiger partial charge in [-0.15, -0.1) is 0 Å². The molecule has 41 heavy (non-hydrogen) atoms. The largest absolute Gasteiger partial charge is 0.337 e. The Labute approximate surface area is 237 Å².